The summed E-state index contributed by atoms with van der Waals surface area (Å²) < 4.78 is 25.4. The SMILES string of the molecule is CCCCCCCCCCCCCC(=O)OCC(COC(=O)CCCCCCCCCCCCC)OCn1cnc2c(N(c3ccc(OC)cc3)C(c3ccccc3)c3ccccc3)nc(NC)nc21. The summed E-state index contributed by atoms with van der Waals surface area (Å²) in [4.78, 5) is 43.1. The largest absolute Gasteiger partial charge is 0.497 e. The molecule has 0 amide bonds. The monoisotopic (exact) mass is 961 g/mol. The Morgan fingerprint density at radius 2 is 1.06 bits per heavy atom. The third-order valence-electron chi connectivity index (χ3n) is 13.0. The Morgan fingerprint density at radius 1 is 0.600 bits per heavy atom. The molecule has 5 aromatic rings. The van der Waals surface area contributed by atoms with E-state index in [1.165, 1.54) is 103 Å². The molecule has 0 unspecified atom stereocenters. The molecule has 0 fully saturated rings. The highest BCUT2D eigenvalue weighted by Gasteiger charge is 2.30. The fourth-order valence-electron chi connectivity index (χ4n) is 8.91. The average molecular weight is 961 g/mol. The van der Waals surface area contributed by atoms with Gasteiger partial charge in [-0.15, -0.1) is 0 Å². The number of ether oxygens (including phenoxy) is 4. The third-order valence-corrected chi connectivity index (χ3v) is 13.0. The molecule has 1 N–H and O–H groups in total. The quantitative estimate of drug-likeness (QED) is 0.0300. The summed E-state index contributed by atoms with van der Waals surface area (Å²) in [5, 5.41) is 3.17. The van der Waals surface area contributed by atoms with Crippen LogP contribution in [0.4, 0.5) is 17.5 Å². The normalized spacial score (nSPS) is 11.4. The minimum atomic E-state index is -0.707. The second kappa shape index (κ2) is 33.2. The highest BCUT2D eigenvalue weighted by molar-refractivity contribution is 5.88. The van der Waals surface area contributed by atoms with Crippen molar-refractivity contribution in [3.8, 4) is 5.75 Å². The van der Waals surface area contributed by atoms with Crippen molar-refractivity contribution in [2.45, 2.75) is 187 Å². The summed E-state index contributed by atoms with van der Waals surface area (Å²) in [5.74, 6) is 1.17. The van der Waals surface area contributed by atoms with Gasteiger partial charge in [-0.2, -0.15) is 9.97 Å². The molecule has 5 rings (SSSR count). The van der Waals surface area contributed by atoms with E-state index in [1.54, 1.807) is 25.1 Å². The zero-order valence-corrected chi connectivity index (χ0v) is 43.1. The molecule has 0 atom stereocenters. The van der Waals surface area contributed by atoms with Crippen LogP contribution in [-0.2, 0) is 30.5 Å². The molecule has 0 aliphatic rings. The number of carbonyl (C=O) groups excluding carboxylic acids is 2. The number of rotatable bonds is 38. The molecule has 382 valence electrons. The molecule has 12 heteroatoms. The van der Waals surface area contributed by atoms with Crippen molar-refractivity contribution in [1.29, 1.82) is 0 Å². The van der Waals surface area contributed by atoms with E-state index in [2.05, 4.69) is 48.3 Å². The summed E-state index contributed by atoms with van der Waals surface area (Å²) in [7, 11) is 3.45. The van der Waals surface area contributed by atoms with Crippen LogP contribution in [-0.4, -0.2) is 64.9 Å². The van der Waals surface area contributed by atoms with Gasteiger partial charge in [-0.05, 0) is 48.2 Å². The van der Waals surface area contributed by atoms with Gasteiger partial charge >= 0.3 is 11.9 Å². The molecule has 0 spiro atoms. The number of benzene rings is 3. The third kappa shape index (κ3) is 19.4. The van der Waals surface area contributed by atoms with Gasteiger partial charge in [0.25, 0.3) is 0 Å². The molecule has 0 radical (unpaired) electrons. The van der Waals surface area contributed by atoms with E-state index < -0.39 is 6.10 Å². The van der Waals surface area contributed by atoms with E-state index in [4.69, 9.17) is 33.9 Å². The van der Waals surface area contributed by atoms with Gasteiger partial charge in [-0.1, -0.05) is 203 Å². The van der Waals surface area contributed by atoms with Crippen LogP contribution in [0, 0.1) is 0 Å². The van der Waals surface area contributed by atoms with E-state index in [1.807, 2.05) is 60.7 Å². The zero-order valence-electron chi connectivity index (χ0n) is 43.1. The van der Waals surface area contributed by atoms with Crippen molar-refractivity contribution >= 4 is 40.6 Å². The summed E-state index contributed by atoms with van der Waals surface area (Å²) in [6.07, 6.45) is 28.2. The van der Waals surface area contributed by atoms with Gasteiger partial charge in [0.05, 0.1) is 19.5 Å². The highest BCUT2D eigenvalue weighted by atomic mass is 16.6. The van der Waals surface area contributed by atoms with Crippen molar-refractivity contribution < 1.29 is 28.5 Å². The number of hydrogen-bond donors (Lipinski definition) is 1. The van der Waals surface area contributed by atoms with Crippen LogP contribution in [0.3, 0.4) is 0 Å². The Hall–Kier alpha value is -5.49. The first-order chi connectivity index (χ1) is 34.4. The molecule has 0 bridgehead atoms. The maximum absolute atomic E-state index is 13.0. The number of nitrogens with zero attached hydrogens (tertiary/aromatic N) is 5. The second-order valence-corrected chi connectivity index (χ2v) is 18.7. The standard InChI is InChI=1S/C58H84N6O6/c1-5-7-9-11-13-15-17-19-21-23-31-37-52(65)68-43-51(44-69-53(66)38-32-24-22-20-18-16-14-12-10-8-6-2)70-46-63-45-60-54-56(63)61-58(59-3)62-57(54)64(49-39-41-50(67-4)42-40-49)55(47-33-27-25-28-34-47)48-35-29-26-30-36-48/h25-30,33-36,39-42,45,51,55H,5-24,31-32,37-38,43-44,46H2,1-4H3,(H,59,61,62). The van der Waals surface area contributed by atoms with Gasteiger partial charge in [0.2, 0.25) is 5.95 Å². The number of aromatic nitrogens is 4. The zero-order chi connectivity index (χ0) is 49.4. The predicted molar refractivity (Wildman–Crippen MR) is 284 cm³/mol. The lowest BCUT2D eigenvalue weighted by molar-refractivity contribution is -0.157. The van der Waals surface area contributed by atoms with Crippen molar-refractivity contribution in [2.75, 3.05) is 37.6 Å². The molecule has 0 aliphatic carbocycles. The van der Waals surface area contributed by atoms with Crippen LogP contribution < -0.4 is 15.0 Å². The number of anilines is 3. The average Bonchev–Trinajstić information content (AvgIpc) is 3.81. The molecular weight excluding hydrogens is 877 g/mol. The minimum absolute atomic E-state index is 0.0103. The smallest absolute Gasteiger partial charge is 0.305 e. The van der Waals surface area contributed by atoms with Crippen molar-refractivity contribution in [2.24, 2.45) is 0 Å². The summed E-state index contributed by atoms with van der Waals surface area (Å²) in [6.45, 7) is 4.43. The predicted octanol–water partition coefficient (Wildman–Crippen LogP) is 14.6. The maximum atomic E-state index is 13.0. The van der Waals surface area contributed by atoms with E-state index in [0.29, 0.717) is 35.8 Å². The van der Waals surface area contributed by atoms with E-state index in [0.717, 1.165) is 61.1 Å². The van der Waals surface area contributed by atoms with Gasteiger partial charge < -0.3 is 29.2 Å². The van der Waals surface area contributed by atoms with Crippen LogP contribution in [0.15, 0.2) is 91.3 Å². The number of esters is 2. The van der Waals surface area contributed by atoms with E-state index in [9.17, 15) is 9.59 Å². The van der Waals surface area contributed by atoms with Gasteiger partial charge in [0.15, 0.2) is 17.0 Å². The van der Waals surface area contributed by atoms with Crippen LogP contribution in [0.2, 0.25) is 0 Å². The molecule has 70 heavy (non-hydrogen) atoms. The molecule has 12 nitrogen and oxygen atoms in total. The van der Waals surface area contributed by atoms with E-state index >= 15 is 0 Å². The van der Waals surface area contributed by atoms with Gasteiger partial charge in [-0.25, -0.2) is 4.98 Å². The molecule has 2 aromatic heterocycles. The maximum Gasteiger partial charge on any atom is 0.305 e. The van der Waals surface area contributed by atoms with Gasteiger partial charge in [0, 0.05) is 25.6 Å². The van der Waals surface area contributed by atoms with Crippen molar-refractivity contribution in [3.05, 3.63) is 102 Å². The first kappa shape index (κ1) is 55.4. The van der Waals surface area contributed by atoms with E-state index in [-0.39, 0.29) is 37.9 Å². The Bertz CT molecular complexity index is 2090. The first-order valence-electron chi connectivity index (χ1n) is 26.8. The number of methoxy groups -OCH3 is 1. The molecule has 0 saturated heterocycles. The number of hydrogen-bond acceptors (Lipinski definition) is 11. The van der Waals surface area contributed by atoms with Crippen LogP contribution in [0.5, 0.6) is 5.75 Å². The Kier molecular flexibility index (Phi) is 26.3. The molecule has 0 saturated carbocycles. The number of fused-ring (bicyclic) bond motifs is 1. The lowest BCUT2D eigenvalue weighted by Crippen LogP contribution is -2.29. The second-order valence-electron chi connectivity index (χ2n) is 18.7. The fourth-order valence-corrected chi connectivity index (χ4v) is 8.91. The Labute approximate surface area is 419 Å². The molecule has 3 aromatic carbocycles. The number of unbranched alkanes of at least 4 members (excludes halogenated alkanes) is 20. The number of imidazole rings is 1. The fraction of sp³-hybridized carbons (Fsp3) is 0.569. The lowest BCUT2D eigenvalue weighted by Gasteiger charge is -2.34. The summed E-state index contributed by atoms with van der Waals surface area (Å²) in [5.41, 5.74) is 4.08. The Balaban J connectivity index is 1.27. The van der Waals surface area contributed by atoms with Crippen LogP contribution in [0.25, 0.3) is 11.2 Å². The van der Waals surface area contributed by atoms with Crippen molar-refractivity contribution in [1.82, 2.24) is 19.5 Å². The van der Waals surface area contributed by atoms with Gasteiger partial charge in [-0.3, -0.25) is 14.2 Å². The topological polar surface area (TPSA) is 130 Å². The van der Waals surface area contributed by atoms with Crippen LogP contribution in [0.1, 0.15) is 185 Å². The van der Waals surface area contributed by atoms with Gasteiger partial charge in [0.1, 0.15) is 31.8 Å². The molecular formula is C58H84N6O6. The van der Waals surface area contributed by atoms with Crippen molar-refractivity contribution in [3.63, 3.8) is 0 Å². The number of nitrogens with one attached hydrogen (secondary N) is 1. The minimum Gasteiger partial charge on any atom is -0.497 e. The molecule has 0 aliphatic heterocycles. The number of carbonyl (C=O) groups is 2. The first-order valence-corrected chi connectivity index (χ1v) is 26.8. The molecule has 2 heterocycles. The summed E-state index contributed by atoms with van der Waals surface area (Å²) in [6, 6.07) is 28.3. The van der Waals surface area contributed by atoms with Crippen LogP contribution >= 0.6 is 0 Å². The lowest BCUT2D eigenvalue weighted by atomic mass is 9.96. The summed E-state index contributed by atoms with van der Waals surface area (Å²) >= 11 is 0. The Morgan fingerprint density at radius 3 is 1.50 bits per heavy atom. The highest BCUT2D eigenvalue weighted by Crippen LogP contribution is 2.41.